The van der Waals surface area contributed by atoms with Crippen molar-refractivity contribution < 1.29 is 13.9 Å². The Labute approximate surface area is 100 Å². The molecule has 92 valence electrons. The number of hydrogen-bond acceptors (Lipinski definition) is 3. The Morgan fingerprint density at radius 3 is 2.59 bits per heavy atom. The first-order chi connectivity index (χ1) is 7.78. The minimum atomic E-state index is -0.554. The number of rotatable bonds is 2. The Morgan fingerprint density at radius 1 is 1.41 bits per heavy atom. The summed E-state index contributed by atoms with van der Waals surface area (Å²) in [4.78, 5) is 11.4. The first-order valence-electron chi connectivity index (χ1n) is 5.24. The van der Waals surface area contributed by atoms with Crippen molar-refractivity contribution in [3.8, 4) is 0 Å². The molecule has 0 radical (unpaired) electrons. The molecule has 3 nitrogen and oxygen atoms in total. The van der Waals surface area contributed by atoms with Crippen LogP contribution in [-0.2, 0) is 9.53 Å². The maximum absolute atomic E-state index is 13.4. The van der Waals surface area contributed by atoms with Gasteiger partial charge in [-0.3, -0.25) is 0 Å². The van der Waals surface area contributed by atoms with E-state index in [4.69, 9.17) is 10.5 Å². The number of hydrogen-bond donors (Lipinski definition) is 1. The maximum Gasteiger partial charge on any atom is 0.331 e. The summed E-state index contributed by atoms with van der Waals surface area (Å²) in [7, 11) is 0. The van der Waals surface area contributed by atoms with Crippen LogP contribution in [-0.4, -0.2) is 11.6 Å². The molecule has 17 heavy (non-hydrogen) atoms. The zero-order valence-electron chi connectivity index (χ0n) is 10.2. The van der Waals surface area contributed by atoms with E-state index >= 15 is 0 Å². The lowest BCUT2D eigenvalue weighted by atomic mass is 10.1. The maximum atomic E-state index is 13.4. The standard InChI is InChI=1S/C13H16FNO2/c1-13(2,3)17-12(16)7-5-9-4-6-10(15)8-11(9)14/h4-8H,15H2,1-3H3/b7-5+. The molecule has 1 aromatic rings. The summed E-state index contributed by atoms with van der Waals surface area (Å²) < 4.78 is 18.4. The molecule has 0 aliphatic rings. The van der Waals surface area contributed by atoms with E-state index in [0.717, 1.165) is 0 Å². The molecule has 0 spiro atoms. The number of nitrogen functional groups attached to an aromatic ring is 1. The van der Waals surface area contributed by atoms with Crippen LogP contribution in [0.4, 0.5) is 10.1 Å². The van der Waals surface area contributed by atoms with E-state index in [2.05, 4.69) is 0 Å². The van der Waals surface area contributed by atoms with E-state index in [-0.39, 0.29) is 0 Å². The molecule has 0 fully saturated rings. The molecule has 0 aliphatic heterocycles. The smallest absolute Gasteiger partial charge is 0.331 e. The van der Waals surface area contributed by atoms with Gasteiger partial charge >= 0.3 is 5.97 Å². The molecular weight excluding hydrogens is 221 g/mol. The summed E-state index contributed by atoms with van der Waals surface area (Å²) in [5, 5.41) is 0. The number of ether oxygens (including phenoxy) is 1. The van der Waals surface area contributed by atoms with Crippen molar-refractivity contribution in [1.29, 1.82) is 0 Å². The SMILES string of the molecule is CC(C)(C)OC(=O)/C=C/c1ccc(N)cc1F. The summed E-state index contributed by atoms with van der Waals surface area (Å²) in [5.41, 5.74) is 5.50. The molecule has 1 aromatic carbocycles. The van der Waals surface area contributed by atoms with Crippen molar-refractivity contribution in [2.75, 3.05) is 5.73 Å². The van der Waals surface area contributed by atoms with Gasteiger partial charge in [-0.25, -0.2) is 9.18 Å². The number of anilines is 1. The molecule has 0 aromatic heterocycles. The van der Waals surface area contributed by atoms with Crippen molar-refractivity contribution in [3.63, 3.8) is 0 Å². The third-order valence-electron chi connectivity index (χ3n) is 1.83. The highest BCUT2D eigenvalue weighted by Crippen LogP contribution is 2.14. The van der Waals surface area contributed by atoms with E-state index in [1.165, 1.54) is 24.3 Å². The highest BCUT2D eigenvalue weighted by atomic mass is 19.1. The average Bonchev–Trinajstić information content (AvgIpc) is 2.13. The van der Waals surface area contributed by atoms with E-state index in [0.29, 0.717) is 11.3 Å². The van der Waals surface area contributed by atoms with Gasteiger partial charge < -0.3 is 10.5 Å². The van der Waals surface area contributed by atoms with Crippen molar-refractivity contribution in [1.82, 2.24) is 0 Å². The molecule has 0 amide bonds. The fourth-order valence-electron chi connectivity index (χ4n) is 1.17. The van der Waals surface area contributed by atoms with Gasteiger partial charge in [0, 0.05) is 17.3 Å². The van der Waals surface area contributed by atoms with Crippen LogP contribution in [0.25, 0.3) is 6.08 Å². The molecule has 0 aliphatic carbocycles. The monoisotopic (exact) mass is 237 g/mol. The first-order valence-corrected chi connectivity index (χ1v) is 5.24. The van der Waals surface area contributed by atoms with Crippen LogP contribution in [0.3, 0.4) is 0 Å². The minimum absolute atomic E-state index is 0.296. The van der Waals surface area contributed by atoms with Gasteiger partial charge in [-0.1, -0.05) is 0 Å². The number of halogens is 1. The third-order valence-corrected chi connectivity index (χ3v) is 1.83. The predicted octanol–water partition coefficient (Wildman–Crippen LogP) is 2.76. The Bertz CT molecular complexity index is 447. The molecule has 4 heteroatoms. The molecule has 0 saturated heterocycles. The lowest BCUT2D eigenvalue weighted by Gasteiger charge is -2.17. The van der Waals surface area contributed by atoms with Crippen LogP contribution in [0.2, 0.25) is 0 Å². The second-order valence-corrected chi connectivity index (χ2v) is 4.65. The number of nitrogens with two attached hydrogens (primary N) is 1. The number of benzene rings is 1. The molecule has 2 N–H and O–H groups in total. The highest BCUT2D eigenvalue weighted by Gasteiger charge is 2.13. The number of carbonyl (C=O) groups excluding carboxylic acids is 1. The summed E-state index contributed by atoms with van der Waals surface area (Å²) in [6.07, 6.45) is 2.56. The van der Waals surface area contributed by atoms with Crippen molar-refractivity contribution in [2.45, 2.75) is 26.4 Å². The van der Waals surface area contributed by atoms with Gasteiger partial charge in [0.2, 0.25) is 0 Å². The molecular formula is C13H16FNO2. The number of carbonyl (C=O) groups is 1. The molecule has 0 heterocycles. The summed E-state index contributed by atoms with van der Waals surface area (Å²) >= 11 is 0. The Morgan fingerprint density at radius 2 is 2.06 bits per heavy atom. The quantitative estimate of drug-likeness (QED) is 0.489. The van der Waals surface area contributed by atoms with E-state index in [1.807, 2.05) is 0 Å². The summed E-state index contributed by atoms with van der Waals surface area (Å²) in [6.45, 7) is 5.30. The van der Waals surface area contributed by atoms with Crippen LogP contribution in [0, 0.1) is 5.82 Å². The molecule has 0 atom stereocenters. The van der Waals surface area contributed by atoms with E-state index in [9.17, 15) is 9.18 Å². The normalized spacial score (nSPS) is 11.8. The van der Waals surface area contributed by atoms with Crippen LogP contribution in [0.5, 0.6) is 0 Å². The molecule has 1 rings (SSSR count). The van der Waals surface area contributed by atoms with Gasteiger partial charge in [-0.2, -0.15) is 0 Å². The lowest BCUT2D eigenvalue weighted by Crippen LogP contribution is -2.22. The molecule has 0 saturated carbocycles. The van der Waals surface area contributed by atoms with Crippen LogP contribution >= 0.6 is 0 Å². The zero-order valence-corrected chi connectivity index (χ0v) is 10.2. The Balaban J connectivity index is 2.74. The second kappa shape index (κ2) is 4.99. The first kappa shape index (κ1) is 13.2. The van der Waals surface area contributed by atoms with Gasteiger partial charge in [0.25, 0.3) is 0 Å². The van der Waals surface area contributed by atoms with Crippen molar-refractivity contribution in [2.24, 2.45) is 0 Å². The van der Waals surface area contributed by atoms with Gasteiger partial charge in [-0.15, -0.1) is 0 Å². The number of esters is 1. The van der Waals surface area contributed by atoms with Crippen LogP contribution < -0.4 is 5.73 Å². The van der Waals surface area contributed by atoms with Gasteiger partial charge in [0.15, 0.2) is 0 Å². The fraction of sp³-hybridized carbons (Fsp3) is 0.308. The largest absolute Gasteiger partial charge is 0.457 e. The van der Waals surface area contributed by atoms with Crippen molar-refractivity contribution in [3.05, 3.63) is 35.7 Å². The molecule has 0 unspecified atom stereocenters. The minimum Gasteiger partial charge on any atom is -0.457 e. The fourth-order valence-corrected chi connectivity index (χ4v) is 1.17. The Kier molecular flexibility index (Phi) is 3.89. The lowest BCUT2D eigenvalue weighted by molar-refractivity contribution is -0.148. The van der Waals surface area contributed by atoms with E-state index in [1.54, 1.807) is 26.8 Å². The van der Waals surface area contributed by atoms with Gasteiger partial charge in [-0.05, 0) is 45.0 Å². The van der Waals surface area contributed by atoms with Crippen molar-refractivity contribution >= 4 is 17.7 Å². The van der Waals surface area contributed by atoms with Crippen LogP contribution in [0.15, 0.2) is 24.3 Å². The van der Waals surface area contributed by atoms with Crippen LogP contribution in [0.1, 0.15) is 26.3 Å². The van der Waals surface area contributed by atoms with Gasteiger partial charge in [0.1, 0.15) is 11.4 Å². The third kappa shape index (κ3) is 4.68. The second-order valence-electron chi connectivity index (χ2n) is 4.65. The average molecular weight is 237 g/mol. The summed E-state index contributed by atoms with van der Waals surface area (Å²) in [5.74, 6) is -0.974. The predicted molar refractivity (Wildman–Crippen MR) is 65.7 cm³/mol. The van der Waals surface area contributed by atoms with Gasteiger partial charge in [0.05, 0.1) is 0 Å². The molecule has 0 bridgehead atoms. The zero-order chi connectivity index (χ0) is 13.1. The summed E-state index contributed by atoms with van der Waals surface area (Å²) in [6, 6.07) is 4.28. The van der Waals surface area contributed by atoms with E-state index < -0.39 is 17.4 Å². The Hall–Kier alpha value is -1.84. The topological polar surface area (TPSA) is 52.3 Å². The highest BCUT2D eigenvalue weighted by molar-refractivity contribution is 5.87.